The van der Waals surface area contributed by atoms with E-state index in [9.17, 15) is 15.6 Å². The number of benzene rings is 2. The van der Waals surface area contributed by atoms with Crippen molar-refractivity contribution in [1.29, 1.82) is 10.5 Å². The van der Waals surface area contributed by atoms with Gasteiger partial charge in [0.05, 0.1) is 18.7 Å². The predicted molar refractivity (Wildman–Crippen MR) is 117 cm³/mol. The molecule has 0 fully saturated rings. The quantitative estimate of drug-likeness (QED) is 0.501. The van der Waals surface area contributed by atoms with Crippen molar-refractivity contribution >= 4 is 39.3 Å². The van der Waals surface area contributed by atoms with Crippen molar-refractivity contribution in [2.45, 2.75) is 20.0 Å². The molecule has 7 heteroatoms. The lowest BCUT2D eigenvalue weighted by Gasteiger charge is -2.03. The topological polar surface area (TPSA) is 117 Å². The van der Waals surface area contributed by atoms with E-state index in [-0.39, 0.29) is 35.8 Å². The molecule has 2 heterocycles. The zero-order valence-corrected chi connectivity index (χ0v) is 16.5. The minimum atomic E-state index is -0.167. The SMILES string of the molecule is CCn1c2ccccc2c2cc(C=C(C#N)c3nn(CCO)c(N)c3C#N)ccc21. The van der Waals surface area contributed by atoms with Gasteiger partial charge in [-0.1, -0.05) is 24.3 Å². The molecule has 2 aromatic carbocycles. The minimum Gasteiger partial charge on any atom is -0.394 e. The highest BCUT2D eigenvalue weighted by Gasteiger charge is 2.19. The first-order valence-electron chi connectivity index (χ1n) is 9.63. The van der Waals surface area contributed by atoms with Gasteiger partial charge in [0.25, 0.3) is 0 Å². The Hall–Kier alpha value is -4.07. The zero-order valence-electron chi connectivity index (χ0n) is 16.5. The molecule has 0 aliphatic carbocycles. The fourth-order valence-electron chi connectivity index (χ4n) is 3.86. The Morgan fingerprint density at radius 3 is 2.63 bits per heavy atom. The number of anilines is 1. The number of nitriles is 2. The smallest absolute Gasteiger partial charge is 0.140 e. The Kier molecular flexibility index (Phi) is 4.97. The van der Waals surface area contributed by atoms with Crippen LogP contribution < -0.4 is 5.73 Å². The molecule has 4 rings (SSSR count). The third-order valence-electron chi connectivity index (χ3n) is 5.21. The zero-order chi connectivity index (χ0) is 21.3. The van der Waals surface area contributed by atoms with Crippen LogP contribution in [-0.4, -0.2) is 26.1 Å². The molecule has 0 unspecified atom stereocenters. The van der Waals surface area contributed by atoms with Crippen molar-refractivity contribution in [2.24, 2.45) is 0 Å². The van der Waals surface area contributed by atoms with Crippen molar-refractivity contribution < 1.29 is 5.11 Å². The van der Waals surface area contributed by atoms with Crippen molar-refractivity contribution in [3.63, 3.8) is 0 Å². The van der Waals surface area contributed by atoms with Crippen LogP contribution in [0.5, 0.6) is 0 Å². The van der Waals surface area contributed by atoms with Gasteiger partial charge in [-0.2, -0.15) is 15.6 Å². The van der Waals surface area contributed by atoms with Gasteiger partial charge in [0, 0.05) is 28.4 Å². The molecule has 2 aromatic heterocycles. The number of aliphatic hydroxyl groups excluding tert-OH is 1. The van der Waals surface area contributed by atoms with Gasteiger partial charge in [0.15, 0.2) is 0 Å². The van der Waals surface area contributed by atoms with Crippen LogP contribution in [-0.2, 0) is 13.1 Å². The Morgan fingerprint density at radius 1 is 1.17 bits per heavy atom. The van der Waals surface area contributed by atoms with Gasteiger partial charge in [-0.15, -0.1) is 0 Å². The molecule has 7 nitrogen and oxygen atoms in total. The fourth-order valence-corrected chi connectivity index (χ4v) is 3.86. The van der Waals surface area contributed by atoms with E-state index in [0.29, 0.717) is 0 Å². The predicted octanol–water partition coefficient (Wildman–Crippen LogP) is 3.52. The second-order valence-electron chi connectivity index (χ2n) is 6.88. The molecule has 0 aliphatic heterocycles. The van der Waals surface area contributed by atoms with Gasteiger partial charge in [-0.25, -0.2) is 4.68 Å². The summed E-state index contributed by atoms with van der Waals surface area (Å²) < 4.78 is 3.60. The van der Waals surface area contributed by atoms with Gasteiger partial charge >= 0.3 is 0 Å². The molecule has 30 heavy (non-hydrogen) atoms. The lowest BCUT2D eigenvalue weighted by Crippen LogP contribution is -2.07. The summed E-state index contributed by atoms with van der Waals surface area (Å²) in [6, 6.07) is 18.4. The molecule has 0 amide bonds. The number of hydrogen-bond donors (Lipinski definition) is 2. The van der Waals surface area contributed by atoms with Gasteiger partial charge in [0.1, 0.15) is 29.2 Å². The van der Waals surface area contributed by atoms with Gasteiger partial charge in [-0.05, 0) is 36.8 Å². The average Bonchev–Trinajstić information content (AvgIpc) is 3.26. The maximum atomic E-state index is 9.75. The number of para-hydroxylation sites is 1. The standard InChI is InChI=1S/C23H20N6O/c1-2-28-20-6-4-3-5-17(20)18-12-15(7-8-21(18)28)11-16(13-24)22-19(14-25)23(26)29(27-22)9-10-30/h3-8,11-12,30H,2,9-10,26H2,1H3. The van der Waals surface area contributed by atoms with Crippen LogP contribution in [0.3, 0.4) is 0 Å². The van der Waals surface area contributed by atoms with Crippen LogP contribution in [0.4, 0.5) is 5.82 Å². The number of aromatic nitrogens is 3. The third-order valence-corrected chi connectivity index (χ3v) is 5.21. The van der Waals surface area contributed by atoms with Crippen LogP contribution in [0.2, 0.25) is 0 Å². The van der Waals surface area contributed by atoms with Crippen molar-refractivity contribution in [2.75, 3.05) is 12.3 Å². The number of rotatable bonds is 5. The van der Waals surface area contributed by atoms with E-state index >= 15 is 0 Å². The monoisotopic (exact) mass is 396 g/mol. The molecule has 0 bridgehead atoms. The summed E-state index contributed by atoms with van der Waals surface area (Å²) in [5.41, 5.74) is 9.70. The van der Waals surface area contributed by atoms with E-state index in [2.05, 4.69) is 34.8 Å². The van der Waals surface area contributed by atoms with Crippen molar-refractivity contribution in [3.8, 4) is 12.1 Å². The molecule has 0 aliphatic rings. The Labute approximate surface area is 173 Å². The normalized spacial score (nSPS) is 11.7. The van der Waals surface area contributed by atoms with Crippen LogP contribution in [0.25, 0.3) is 33.5 Å². The van der Waals surface area contributed by atoms with Crippen LogP contribution >= 0.6 is 0 Å². The molecule has 0 saturated heterocycles. The molecular formula is C23H20N6O. The first-order chi connectivity index (χ1) is 14.6. The van der Waals surface area contributed by atoms with E-state index in [1.54, 1.807) is 6.08 Å². The summed E-state index contributed by atoms with van der Waals surface area (Å²) in [6.07, 6.45) is 1.71. The van der Waals surface area contributed by atoms with Crippen molar-refractivity contribution in [1.82, 2.24) is 14.3 Å². The summed E-state index contributed by atoms with van der Waals surface area (Å²) in [4.78, 5) is 0. The number of allylic oxidation sites excluding steroid dienone is 1. The first kappa shape index (κ1) is 19.3. The summed E-state index contributed by atoms with van der Waals surface area (Å²) in [6.45, 7) is 2.96. The molecule has 0 radical (unpaired) electrons. The summed E-state index contributed by atoms with van der Waals surface area (Å²) in [5.74, 6) is 0.143. The first-order valence-corrected chi connectivity index (χ1v) is 9.63. The maximum absolute atomic E-state index is 9.75. The summed E-state index contributed by atoms with van der Waals surface area (Å²) >= 11 is 0. The summed E-state index contributed by atoms with van der Waals surface area (Å²) in [5, 5.41) is 35.0. The molecule has 148 valence electrons. The van der Waals surface area contributed by atoms with E-state index in [4.69, 9.17) is 5.73 Å². The van der Waals surface area contributed by atoms with Crippen LogP contribution in [0.15, 0.2) is 42.5 Å². The number of nitrogens with two attached hydrogens (primary N) is 1. The second kappa shape index (κ2) is 7.75. The second-order valence-corrected chi connectivity index (χ2v) is 6.88. The highest BCUT2D eigenvalue weighted by atomic mass is 16.3. The van der Waals surface area contributed by atoms with Gasteiger partial charge in [0.2, 0.25) is 0 Å². The Bertz CT molecular complexity index is 1380. The average molecular weight is 396 g/mol. The largest absolute Gasteiger partial charge is 0.394 e. The van der Waals surface area contributed by atoms with E-state index in [1.165, 1.54) is 10.2 Å². The number of nitrogens with zero attached hydrogens (tertiary/aromatic N) is 5. The van der Waals surface area contributed by atoms with Crippen LogP contribution in [0, 0.1) is 22.7 Å². The number of aryl methyl sites for hydroxylation is 1. The van der Waals surface area contributed by atoms with Crippen molar-refractivity contribution in [3.05, 3.63) is 59.3 Å². The van der Waals surface area contributed by atoms with E-state index in [0.717, 1.165) is 28.4 Å². The lowest BCUT2D eigenvalue weighted by atomic mass is 10.0. The Morgan fingerprint density at radius 2 is 1.93 bits per heavy atom. The number of hydrogen-bond acceptors (Lipinski definition) is 5. The maximum Gasteiger partial charge on any atom is 0.140 e. The minimum absolute atomic E-state index is 0.139. The molecule has 0 spiro atoms. The highest BCUT2D eigenvalue weighted by Crippen LogP contribution is 2.31. The number of fused-ring (bicyclic) bond motifs is 3. The molecule has 4 aromatic rings. The lowest BCUT2D eigenvalue weighted by molar-refractivity contribution is 0.270. The van der Waals surface area contributed by atoms with E-state index in [1.807, 2.05) is 36.4 Å². The number of nitrogen functional groups attached to an aromatic ring is 1. The number of aliphatic hydroxyl groups is 1. The highest BCUT2D eigenvalue weighted by molar-refractivity contribution is 6.09. The van der Waals surface area contributed by atoms with E-state index < -0.39 is 0 Å². The molecule has 0 saturated carbocycles. The fraction of sp³-hybridized carbons (Fsp3) is 0.174. The Balaban J connectivity index is 1.88. The van der Waals surface area contributed by atoms with Gasteiger partial charge < -0.3 is 15.4 Å². The molecule has 3 N–H and O–H groups in total. The van der Waals surface area contributed by atoms with Gasteiger partial charge in [-0.3, -0.25) is 0 Å². The summed E-state index contributed by atoms with van der Waals surface area (Å²) in [7, 11) is 0. The third kappa shape index (κ3) is 2.98. The molecule has 0 atom stereocenters. The van der Waals surface area contributed by atoms with Crippen LogP contribution in [0.1, 0.15) is 23.7 Å². The molecular weight excluding hydrogens is 376 g/mol.